The Bertz CT molecular complexity index is 606. The van der Waals surface area contributed by atoms with Crippen molar-refractivity contribution in [1.29, 1.82) is 0 Å². The number of benzene rings is 1. The van der Waals surface area contributed by atoms with Crippen LogP contribution in [0.25, 0.3) is 0 Å². The molecule has 2 N–H and O–H groups in total. The van der Waals surface area contributed by atoms with Crippen molar-refractivity contribution >= 4 is 5.91 Å². The number of nitrogens with one attached hydrogen (secondary N) is 1. The number of amides is 1. The first kappa shape index (κ1) is 17.6. The zero-order valence-electron chi connectivity index (χ0n) is 13.2. The van der Waals surface area contributed by atoms with Gasteiger partial charge in [-0.05, 0) is 25.8 Å². The molecule has 0 radical (unpaired) electrons. The van der Waals surface area contributed by atoms with Crippen LogP contribution in [0.5, 0.6) is 0 Å². The molecule has 0 bridgehead atoms. The molecule has 1 fully saturated rings. The van der Waals surface area contributed by atoms with Crippen molar-refractivity contribution in [2.24, 2.45) is 0 Å². The number of carbonyl (C=O) groups is 1. The summed E-state index contributed by atoms with van der Waals surface area (Å²) in [5, 5.41) is 13.6. The molecule has 0 aromatic heterocycles. The fraction of sp³-hybridized carbons (Fsp3) is 0.471. The molecule has 1 aliphatic rings. The van der Waals surface area contributed by atoms with Crippen LogP contribution >= 0.6 is 0 Å². The summed E-state index contributed by atoms with van der Waals surface area (Å²) in [6.07, 6.45) is 0.949. The molecule has 0 spiro atoms. The molecule has 1 aromatic rings. The molecule has 6 heteroatoms. The maximum Gasteiger partial charge on any atom is 0.256 e. The monoisotopic (exact) mass is 324 g/mol. The van der Waals surface area contributed by atoms with Crippen LogP contribution < -0.4 is 5.32 Å². The number of carbonyl (C=O) groups excluding carboxylic acids is 1. The Morgan fingerprint density at radius 2 is 2.22 bits per heavy atom. The van der Waals surface area contributed by atoms with Crippen LogP contribution in [0.3, 0.4) is 0 Å². The second-order valence-electron chi connectivity index (χ2n) is 6.14. The van der Waals surface area contributed by atoms with Gasteiger partial charge in [0, 0.05) is 31.7 Å². The summed E-state index contributed by atoms with van der Waals surface area (Å²) in [6, 6.07) is 3.89. The summed E-state index contributed by atoms with van der Waals surface area (Å²) in [5.41, 5.74) is -0.509. The Kier molecular flexibility index (Phi) is 5.49. The quantitative estimate of drug-likeness (QED) is 0.787. The number of likely N-dealkylation sites (tertiary alicyclic amines) is 1. The maximum atomic E-state index is 13.8. The average molecular weight is 324 g/mol. The lowest BCUT2D eigenvalue weighted by molar-refractivity contribution is -0.157. The molecule has 0 unspecified atom stereocenters. The molecule has 1 atom stereocenters. The highest BCUT2D eigenvalue weighted by molar-refractivity contribution is 5.86. The molecule has 126 valence electrons. The summed E-state index contributed by atoms with van der Waals surface area (Å²) in [4.78, 5) is 13.9. The molecule has 0 aliphatic carbocycles. The third-order valence-electron chi connectivity index (χ3n) is 3.94. The van der Waals surface area contributed by atoms with Crippen LogP contribution in [0.15, 0.2) is 30.4 Å². The van der Waals surface area contributed by atoms with Crippen LogP contribution in [-0.4, -0.2) is 41.1 Å². The van der Waals surface area contributed by atoms with Crippen molar-refractivity contribution in [3.05, 3.63) is 47.5 Å². The predicted octanol–water partition coefficient (Wildman–Crippen LogP) is 1.98. The van der Waals surface area contributed by atoms with E-state index < -0.39 is 23.1 Å². The third kappa shape index (κ3) is 4.14. The second kappa shape index (κ2) is 7.19. The van der Waals surface area contributed by atoms with Crippen molar-refractivity contribution in [2.75, 3.05) is 19.6 Å². The van der Waals surface area contributed by atoms with Crippen LogP contribution in [0, 0.1) is 11.6 Å². The summed E-state index contributed by atoms with van der Waals surface area (Å²) in [7, 11) is 0. The zero-order valence-corrected chi connectivity index (χ0v) is 13.2. The number of piperidine rings is 1. The number of nitrogens with zero attached hydrogens (tertiary/aromatic N) is 1. The van der Waals surface area contributed by atoms with E-state index >= 15 is 0 Å². The van der Waals surface area contributed by atoms with E-state index in [2.05, 4.69) is 11.9 Å². The topological polar surface area (TPSA) is 52.6 Å². The molecular weight excluding hydrogens is 302 g/mol. The number of hydrogen-bond acceptors (Lipinski definition) is 3. The first-order valence-electron chi connectivity index (χ1n) is 7.63. The van der Waals surface area contributed by atoms with Gasteiger partial charge in [0.25, 0.3) is 5.91 Å². The molecule has 2 rings (SSSR count). The van der Waals surface area contributed by atoms with Gasteiger partial charge in [0.15, 0.2) is 17.2 Å². The van der Waals surface area contributed by atoms with E-state index in [1.54, 1.807) is 0 Å². The van der Waals surface area contributed by atoms with Crippen molar-refractivity contribution in [2.45, 2.75) is 31.9 Å². The molecule has 1 aliphatic heterocycles. The summed E-state index contributed by atoms with van der Waals surface area (Å²) in [5.74, 6) is -2.35. The van der Waals surface area contributed by atoms with Gasteiger partial charge in [-0.3, -0.25) is 4.79 Å². The van der Waals surface area contributed by atoms with E-state index in [-0.39, 0.29) is 18.7 Å². The summed E-state index contributed by atoms with van der Waals surface area (Å²) in [6.45, 7) is 6.58. The number of halogens is 2. The second-order valence-corrected chi connectivity index (χ2v) is 6.14. The molecule has 0 saturated carbocycles. The van der Waals surface area contributed by atoms with Gasteiger partial charge in [-0.15, -0.1) is 0 Å². The van der Waals surface area contributed by atoms with Gasteiger partial charge in [0.2, 0.25) is 0 Å². The molecule has 1 aromatic carbocycles. The minimum Gasteiger partial charge on any atom is -0.379 e. The highest BCUT2D eigenvalue weighted by atomic mass is 19.2. The van der Waals surface area contributed by atoms with Gasteiger partial charge in [-0.2, -0.15) is 0 Å². The lowest BCUT2D eigenvalue weighted by Gasteiger charge is -2.38. The van der Waals surface area contributed by atoms with Crippen molar-refractivity contribution < 1.29 is 18.7 Å². The Morgan fingerprint density at radius 1 is 1.48 bits per heavy atom. The highest BCUT2D eigenvalue weighted by Gasteiger charge is 2.41. The van der Waals surface area contributed by atoms with Crippen molar-refractivity contribution in [3.63, 3.8) is 0 Å². The molecule has 1 heterocycles. The summed E-state index contributed by atoms with van der Waals surface area (Å²) < 4.78 is 27.0. The van der Waals surface area contributed by atoms with Gasteiger partial charge in [0.05, 0.1) is 0 Å². The van der Waals surface area contributed by atoms with E-state index in [1.165, 1.54) is 17.0 Å². The van der Waals surface area contributed by atoms with Crippen LogP contribution in [0.1, 0.15) is 25.3 Å². The maximum absolute atomic E-state index is 13.8. The number of aliphatic hydroxyl groups is 1. The van der Waals surface area contributed by atoms with Gasteiger partial charge in [-0.25, -0.2) is 8.78 Å². The van der Waals surface area contributed by atoms with Crippen LogP contribution in [0.4, 0.5) is 8.78 Å². The lowest BCUT2D eigenvalue weighted by Crippen LogP contribution is -2.57. The Labute approximate surface area is 134 Å². The molecule has 1 amide bonds. The minimum atomic E-state index is -1.52. The normalized spacial score (nSPS) is 21.6. The van der Waals surface area contributed by atoms with Gasteiger partial charge in [-0.1, -0.05) is 24.3 Å². The average Bonchev–Trinajstić information content (AvgIpc) is 2.48. The highest BCUT2D eigenvalue weighted by Crippen LogP contribution is 2.24. The first-order valence-corrected chi connectivity index (χ1v) is 7.63. The van der Waals surface area contributed by atoms with Crippen LogP contribution in [-0.2, 0) is 11.3 Å². The zero-order chi connectivity index (χ0) is 17.0. The number of hydrogen-bond donors (Lipinski definition) is 2. The molecule has 23 heavy (non-hydrogen) atoms. The molecule has 1 saturated heterocycles. The van der Waals surface area contributed by atoms with Crippen LogP contribution in [0.2, 0.25) is 0 Å². The van der Waals surface area contributed by atoms with E-state index in [0.717, 1.165) is 11.6 Å². The largest absolute Gasteiger partial charge is 0.379 e. The molecule has 4 nitrogen and oxygen atoms in total. The predicted molar refractivity (Wildman–Crippen MR) is 83.6 cm³/mol. The molecular formula is C17H22F2N2O2. The fourth-order valence-corrected chi connectivity index (χ4v) is 2.74. The fourth-order valence-electron chi connectivity index (χ4n) is 2.74. The Balaban J connectivity index is 2.07. The smallest absolute Gasteiger partial charge is 0.256 e. The van der Waals surface area contributed by atoms with Gasteiger partial charge < -0.3 is 15.3 Å². The van der Waals surface area contributed by atoms with E-state index in [4.69, 9.17) is 0 Å². The standard InChI is InChI=1S/C17H22F2N2O2/c1-12(2)9-20-11-17(23)7-4-8-21(16(17)22)10-13-5-3-6-14(18)15(13)19/h3,5-6,20,23H,1,4,7-11H2,2H3/t17-/m1/s1. The van der Waals surface area contributed by atoms with Crippen molar-refractivity contribution in [3.8, 4) is 0 Å². The lowest BCUT2D eigenvalue weighted by atomic mass is 9.91. The SMILES string of the molecule is C=C(C)CNC[C@]1(O)CCCN(Cc2cccc(F)c2F)C1=O. The Morgan fingerprint density at radius 3 is 2.91 bits per heavy atom. The third-order valence-corrected chi connectivity index (χ3v) is 3.94. The van der Waals surface area contributed by atoms with Crippen molar-refractivity contribution in [1.82, 2.24) is 10.2 Å². The number of rotatable bonds is 6. The first-order chi connectivity index (χ1) is 10.8. The van der Waals surface area contributed by atoms with E-state index in [0.29, 0.717) is 25.9 Å². The van der Waals surface area contributed by atoms with Gasteiger partial charge >= 0.3 is 0 Å². The van der Waals surface area contributed by atoms with E-state index in [9.17, 15) is 18.7 Å². The van der Waals surface area contributed by atoms with E-state index in [1.807, 2.05) is 6.92 Å². The Hall–Kier alpha value is -1.79. The minimum absolute atomic E-state index is 0.0504. The van der Waals surface area contributed by atoms with Gasteiger partial charge in [0.1, 0.15) is 0 Å². The summed E-state index contributed by atoms with van der Waals surface area (Å²) >= 11 is 0.